The van der Waals surface area contributed by atoms with Gasteiger partial charge in [-0.25, -0.2) is 0 Å². The van der Waals surface area contributed by atoms with Gasteiger partial charge in [-0.2, -0.15) is 0 Å². The fourth-order valence-electron chi connectivity index (χ4n) is 2.90. The molecule has 2 atom stereocenters. The highest BCUT2D eigenvalue weighted by molar-refractivity contribution is 5.94. The molecule has 3 heteroatoms. The van der Waals surface area contributed by atoms with Crippen LogP contribution in [0.5, 0.6) is 0 Å². The highest BCUT2D eigenvalue weighted by Gasteiger charge is 2.37. The second kappa shape index (κ2) is 5.33. The second-order valence-corrected chi connectivity index (χ2v) is 6.04. The van der Waals surface area contributed by atoms with Gasteiger partial charge >= 0.3 is 0 Å². The third-order valence-corrected chi connectivity index (χ3v) is 4.43. The lowest BCUT2D eigenvalue weighted by Crippen LogP contribution is -2.51. The molecule has 3 nitrogen and oxygen atoms in total. The van der Waals surface area contributed by atoms with Crippen molar-refractivity contribution in [3.63, 3.8) is 0 Å². The number of nitrogens with two attached hydrogens (primary N) is 1. The summed E-state index contributed by atoms with van der Waals surface area (Å²) in [4.78, 5) is 12.5. The summed E-state index contributed by atoms with van der Waals surface area (Å²) in [7, 11) is 0. The summed E-state index contributed by atoms with van der Waals surface area (Å²) in [6.07, 6.45) is 4.04. The van der Waals surface area contributed by atoms with E-state index in [2.05, 4.69) is 18.3 Å². The van der Waals surface area contributed by atoms with Crippen LogP contribution in [0.3, 0.4) is 0 Å². The molecule has 0 bridgehead atoms. The number of aryl methyl sites for hydroxylation is 1. The molecule has 0 spiro atoms. The van der Waals surface area contributed by atoms with Gasteiger partial charge in [-0.15, -0.1) is 0 Å². The number of rotatable bonds is 2. The van der Waals surface area contributed by atoms with Crippen molar-refractivity contribution >= 4 is 11.6 Å². The molecule has 1 aromatic rings. The quantitative estimate of drug-likeness (QED) is 0.858. The molecule has 1 saturated carbocycles. The lowest BCUT2D eigenvalue weighted by Gasteiger charge is -2.37. The Balaban J connectivity index is 2.14. The van der Waals surface area contributed by atoms with Gasteiger partial charge in [-0.05, 0) is 50.8 Å². The lowest BCUT2D eigenvalue weighted by atomic mass is 9.74. The third-order valence-electron chi connectivity index (χ3n) is 4.43. The maximum absolute atomic E-state index is 12.5. The van der Waals surface area contributed by atoms with E-state index in [1.165, 1.54) is 5.56 Å². The number of carbonyl (C=O) groups excluding carboxylic acids is 1. The van der Waals surface area contributed by atoms with Crippen molar-refractivity contribution < 1.29 is 4.79 Å². The Kier molecular flexibility index (Phi) is 3.95. The van der Waals surface area contributed by atoms with E-state index in [9.17, 15) is 4.79 Å². The minimum absolute atomic E-state index is 0.0680. The average molecular weight is 260 g/mol. The van der Waals surface area contributed by atoms with Gasteiger partial charge in [-0.1, -0.05) is 25.0 Å². The Labute approximate surface area is 115 Å². The molecule has 0 aromatic heterocycles. The largest absolute Gasteiger partial charge is 0.326 e. The number of benzene rings is 1. The molecule has 1 aliphatic rings. The predicted molar refractivity (Wildman–Crippen MR) is 79.1 cm³/mol. The summed E-state index contributed by atoms with van der Waals surface area (Å²) in [5, 5.41) is 3.06. The van der Waals surface area contributed by atoms with Crippen molar-refractivity contribution in [3.8, 4) is 0 Å². The number of hydrogen-bond acceptors (Lipinski definition) is 2. The van der Waals surface area contributed by atoms with Crippen LogP contribution in [-0.2, 0) is 4.79 Å². The SMILES string of the molecule is Cc1cccc(NC(=O)C2CCCCC2(C)N)c1C. The minimum atomic E-state index is -0.375. The van der Waals surface area contributed by atoms with Crippen LogP contribution in [0.2, 0.25) is 0 Å². The highest BCUT2D eigenvalue weighted by Crippen LogP contribution is 2.32. The fourth-order valence-corrected chi connectivity index (χ4v) is 2.90. The Morgan fingerprint density at radius 1 is 1.37 bits per heavy atom. The smallest absolute Gasteiger partial charge is 0.229 e. The number of carbonyl (C=O) groups is 1. The lowest BCUT2D eigenvalue weighted by molar-refractivity contribution is -0.122. The maximum atomic E-state index is 12.5. The number of anilines is 1. The van der Waals surface area contributed by atoms with E-state index in [1.807, 2.05) is 26.0 Å². The summed E-state index contributed by atoms with van der Waals surface area (Å²) in [6, 6.07) is 5.98. The van der Waals surface area contributed by atoms with E-state index in [0.717, 1.165) is 36.9 Å². The van der Waals surface area contributed by atoms with Gasteiger partial charge in [0.1, 0.15) is 0 Å². The Bertz CT molecular complexity index is 480. The number of hydrogen-bond donors (Lipinski definition) is 2. The molecule has 0 radical (unpaired) electrons. The Morgan fingerprint density at radius 3 is 2.79 bits per heavy atom. The predicted octanol–water partition coefficient (Wildman–Crippen LogP) is 3.15. The molecular formula is C16H24N2O. The molecule has 0 heterocycles. The first-order chi connectivity index (χ1) is 8.92. The molecule has 2 unspecified atom stereocenters. The molecule has 3 N–H and O–H groups in total. The van der Waals surface area contributed by atoms with Crippen molar-refractivity contribution in [1.29, 1.82) is 0 Å². The normalized spacial score (nSPS) is 27.1. The van der Waals surface area contributed by atoms with Crippen LogP contribution in [0.15, 0.2) is 18.2 Å². The van der Waals surface area contributed by atoms with Gasteiger partial charge in [0.05, 0.1) is 5.92 Å². The number of nitrogens with one attached hydrogen (secondary N) is 1. The molecule has 0 aliphatic heterocycles. The van der Waals surface area contributed by atoms with E-state index < -0.39 is 0 Å². The van der Waals surface area contributed by atoms with Crippen LogP contribution in [-0.4, -0.2) is 11.4 Å². The van der Waals surface area contributed by atoms with Gasteiger partial charge in [0.2, 0.25) is 5.91 Å². The summed E-state index contributed by atoms with van der Waals surface area (Å²) in [5.41, 5.74) is 9.14. The summed E-state index contributed by atoms with van der Waals surface area (Å²) in [5.74, 6) is -0.0143. The first-order valence-electron chi connectivity index (χ1n) is 7.08. The van der Waals surface area contributed by atoms with E-state index in [0.29, 0.717) is 0 Å². The summed E-state index contributed by atoms with van der Waals surface area (Å²) >= 11 is 0. The van der Waals surface area contributed by atoms with Gasteiger partial charge < -0.3 is 11.1 Å². The van der Waals surface area contributed by atoms with Crippen LogP contribution in [0.4, 0.5) is 5.69 Å². The van der Waals surface area contributed by atoms with Crippen molar-refractivity contribution in [2.24, 2.45) is 11.7 Å². The van der Waals surface area contributed by atoms with Crippen molar-refractivity contribution in [3.05, 3.63) is 29.3 Å². The Morgan fingerprint density at radius 2 is 2.11 bits per heavy atom. The molecule has 1 amide bonds. The molecular weight excluding hydrogens is 236 g/mol. The van der Waals surface area contributed by atoms with Crippen molar-refractivity contribution in [2.45, 2.75) is 52.0 Å². The summed E-state index contributed by atoms with van der Waals surface area (Å²) < 4.78 is 0. The van der Waals surface area contributed by atoms with Crippen LogP contribution < -0.4 is 11.1 Å². The monoisotopic (exact) mass is 260 g/mol. The van der Waals surface area contributed by atoms with Crippen LogP contribution in [0.1, 0.15) is 43.7 Å². The second-order valence-electron chi connectivity index (χ2n) is 6.04. The van der Waals surface area contributed by atoms with Crippen molar-refractivity contribution in [2.75, 3.05) is 5.32 Å². The van der Waals surface area contributed by atoms with Crippen LogP contribution in [0.25, 0.3) is 0 Å². The van der Waals surface area contributed by atoms with E-state index in [4.69, 9.17) is 5.73 Å². The van der Waals surface area contributed by atoms with Crippen LogP contribution >= 0.6 is 0 Å². The van der Waals surface area contributed by atoms with Crippen LogP contribution in [0, 0.1) is 19.8 Å². The van der Waals surface area contributed by atoms with Crippen molar-refractivity contribution in [1.82, 2.24) is 0 Å². The molecule has 1 aliphatic carbocycles. The highest BCUT2D eigenvalue weighted by atomic mass is 16.1. The molecule has 19 heavy (non-hydrogen) atoms. The Hall–Kier alpha value is -1.35. The average Bonchev–Trinajstić information content (AvgIpc) is 2.34. The first kappa shape index (κ1) is 14.1. The zero-order valence-corrected chi connectivity index (χ0v) is 12.1. The molecule has 2 rings (SSSR count). The van der Waals surface area contributed by atoms with Gasteiger partial charge in [0.15, 0.2) is 0 Å². The molecule has 1 fully saturated rings. The topological polar surface area (TPSA) is 55.1 Å². The maximum Gasteiger partial charge on any atom is 0.229 e. The van der Waals surface area contributed by atoms with Gasteiger partial charge in [0, 0.05) is 11.2 Å². The fraction of sp³-hybridized carbons (Fsp3) is 0.562. The number of amides is 1. The minimum Gasteiger partial charge on any atom is -0.326 e. The molecule has 104 valence electrons. The van der Waals surface area contributed by atoms with E-state index in [1.54, 1.807) is 0 Å². The third kappa shape index (κ3) is 2.98. The molecule has 0 saturated heterocycles. The zero-order chi connectivity index (χ0) is 14.0. The molecule has 1 aromatic carbocycles. The zero-order valence-electron chi connectivity index (χ0n) is 12.1. The van der Waals surface area contributed by atoms with E-state index >= 15 is 0 Å². The summed E-state index contributed by atoms with van der Waals surface area (Å²) in [6.45, 7) is 6.09. The van der Waals surface area contributed by atoms with Gasteiger partial charge in [-0.3, -0.25) is 4.79 Å². The van der Waals surface area contributed by atoms with E-state index in [-0.39, 0.29) is 17.4 Å². The first-order valence-corrected chi connectivity index (χ1v) is 7.08. The standard InChI is InChI=1S/C16H24N2O/c1-11-7-6-9-14(12(11)2)18-15(19)13-8-4-5-10-16(13,3)17/h6-7,9,13H,4-5,8,10,17H2,1-3H3,(H,18,19). The van der Waals surface area contributed by atoms with Gasteiger partial charge in [0.25, 0.3) is 0 Å².